The van der Waals surface area contributed by atoms with Crippen LogP contribution in [0.5, 0.6) is 0 Å². The number of halogens is 1. The van der Waals surface area contributed by atoms with Crippen LogP contribution in [0.2, 0.25) is 0 Å². The summed E-state index contributed by atoms with van der Waals surface area (Å²) in [4.78, 5) is 0. The summed E-state index contributed by atoms with van der Waals surface area (Å²) in [7, 11) is 1.84. The molecule has 2 unspecified atom stereocenters. The quantitative estimate of drug-likeness (QED) is 0.719. The zero-order valence-corrected chi connectivity index (χ0v) is 10.2. The third-order valence-corrected chi connectivity index (χ3v) is 2.77. The molecule has 0 saturated carbocycles. The van der Waals surface area contributed by atoms with E-state index >= 15 is 0 Å². The van der Waals surface area contributed by atoms with Gasteiger partial charge in [0.15, 0.2) is 0 Å². The Labute approximate surface area is 98.3 Å². The van der Waals surface area contributed by atoms with E-state index < -0.39 is 12.2 Å². The summed E-state index contributed by atoms with van der Waals surface area (Å²) < 4.78 is 0. The Kier molecular flexibility index (Phi) is 5.08. The fourth-order valence-electron chi connectivity index (χ4n) is 1.34. The number of hydrogen-bond donors (Lipinski definition) is 3. The highest BCUT2D eigenvalue weighted by Crippen LogP contribution is 2.21. The van der Waals surface area contributed by atoms with Gasteiger partial charge in [0, 0.05) is 18.1 Å². The van der Waals surface area contributed by atoms with Gasteiger partial charge in [-0.05, 0) is 24.1 Å². The van der Waals surface area contributed by atoms with Crippen molar-refractivity contribution in [3.05, 3.63) is 29.8 Å². The Balaban J connectivity index is 2.69. The zero-order valence-electron chi connectivity index (χ0n) is 8.65. The molecule has 1 aromatic rings. The Morgan fingerprint density at radius 3 is 2.33 bits per heavy atom. The van der Waals surface area contributed by atoms with E-state index in [1.807, 2.05) is 31.3 Å². The van der Waals surface area contributed by atoms with Gasteiger partial charge in [-0.25, -0.2) is 0 Å². The molecule has 0 heterocycles. The number of hydrogen-bond acceptors (Lipinski definition) is 3. The first-order chi connectivity index (χ1) is 7.19. The first-order valence-corrected chi connectivity index (χ1v) is 6.01. The Morgan fingerprint density at radius 2 is 1.87 bits per heavy atom. The van der Waals surface area contributed by atoms with Crippen molar-refractivity contribution in [3.63, 3.8) is 0 Å². The van der Waals surface area contributed by atoms with Crippen molar-refractivity contribution < 1.29 is 10.2 Å². The summed E-state index contributed by atoms with van der Waals surface area (Å²) in [6.07, 6.45) is -0.993. The lowest BCUT2D eigenvalue weighted by Gasteiger charge is -2.17. The molecule has 0 aliphatic rings. The molecule has 0 aliphatic heterocycles. The molecule has 2 atom stereocenters. The minimum Gasteiger partial charge on any atom is -0.390 e. The lowest BCUT2D eigenvalue weighted by molar-refractivity contribution is 0.0174. The van der Waals surface area contributed by atoms with Gasteiger partial charge in [-0.15, -0.1) is 0 Å². The molecular weight excluding hydrogens is 258 g/mol. The smallest absolute Gasteiger partial charge is 0.105 e. The second-order valence-corrected chi connectivity index (χ2v) is 4.15. The van der Waals surface area contributed by atoms with E-state index in [1.54, 1.807) is 0 Å². The van der Waals surface area contributed by atoms with Gasteiger partial charge in [0.05, 0.1) is 6.10 Å². The molecule has 0 aromatic heterocycles. The average Bonchev–Trinajstić information content (AvgIpc) is 2.28. The molecule has 4 heteroatoms. The fourth-order valence-corrected chi connectivity index (χ4v) is 1.81. The van der Waals surface area contributed by atoms with E-state index in [-0.39, 0.29) is 0 Å². The average molecular weight is 274 g/mol. The number of alkyl halides is 1. The predicted molar refractivity (Wildman–Crippen MR) is 65.4 cm³/mol. The molecule has 84 valence electrons. The van der Waals surface area contributed by atoms with Crippen LogP contribution in [0.3, 0.4) is 0 Å². The van der Waals surface area contributed by atoms with Crippen LogP contribution in [0.25, 0.3) is 0 Å². The van der Waals surface area contributed by atoms with Crippen LogP contribution in [0.1, 0.15) is 18.1 Å². The summed E-state index contributed by atoms with van der Waals surface area (Å²) in [5, 5.41) is 23.1. The predicted octanol–water partition coefficient (Wildman–Crippen LogP) is 1.91. The molecule has 0 fully saturated rings. The van der Waals surface area contributed by atoms with E-state index in [9.17, 15) is 10.2 Å². The summed E-state index contributed by atoms with van der Waals surface area (Å²) in [6, 6.07) is 7.38. The normalized spacial score (nSPS) is 14.7. The highest BCUT2D eigenvalue weighted by Gasteiger charge is 2.17. The Morgan fingerprint density at radius 1 is 1.27 bits per heavy atom. The standard InChI is InChI=1S/C11H16BrNO2/c1-13-9-4-2-8(3-5-9)11(15)10(14)6-7-12/h2-5,10-11,13-15H,6-7H2,1H3. The Hall–Kier alpha value is -0.580. The third kappa shape index (κ3) is 3.48. The van der Waals surface area contributed by atoms with E-state index in [2.05, 4.69) is 21.2 Å². The number of aliphatic hydroxyl groups excluding tert-OH is 2. The Bertz CT molecular complexity index is 289. The SMILES string of the molecule is CNc1ccc(C(O)C(O)CCBr)cc1. The van der Waals surface area contributed by atoms with Crippen LogP contribution in [0, 0.1) is 0 Å². The largest absolute Gasteiger partial charge is 0.390 e. The zero-order chi connectivity index (χ0) is 11.3. The molecule has 0 amide bonds. The molecule has 3 nitrogen and oxygen atoms in total. The van der Waals surface area contributed by atoms with Gasteiger partial charge >= 0.3 is 0 Å². The van der Waals surface area contributed by atoms with E-state index in [0.717, 1.165) is 11.3 Å². The van der Waals surface area contributed by atoms with Crippen molar-refractivity contribution in [3.8, 4) is 0 Å². The fraction of sp³-hybridized carbons (Fsp3) is 0.455. The van der Waals surface area contributed by atoms with Crippen LogP contribution < -0.4 is 5.32 Å². The minimum atomic E-state index is -0.812. The molecule has 0 radical (unpaired) electrons. The molecule has 0 spiro atoms. The van der Waals surface area contributed by atoms with Crippen molar-refractivity contribution in [1.82, 2.24) is 0 Å². The van der Waals surface area contributed by atoms with Crippen LogP contribution in [-0.2, 0) is 0 Å². The van der Waals surface area contributed by atoms with Gasteiger partial charge < -0.3 is 15.5 Å². The first-order valence-electron chi connectivity index (χ1n) is 4.89. The maximum Gasteiger partial charge on any atom is 0.105 e. The van der Waals surface area contributed by atoms with Crippen LogP contribution in [0.4, 0.5) is 5.69 Å². The molecule has 0 aliphatic carbocycles. The topological polar surface area (TPSA) is 52.5 Å². The van der Waals surface area contributed by atoms with E-state index in [1.165, 1.54) is 0 Å². The first kappa shape index (κ1) is 12.5. The maximum atomic E-state index is 9.79. The summed E-state index contributed by atoms with van der Waals surface area (Å²) in [5.74, 6) is 0. The number of anilines is 1. The summed E-state index contributed by atoms with van der Waals surface area (Å²) in [5.41, 5.74) is 1.73. The van der Waals surface area contributed by atoms with Crippen molar-refractivity contribution >= 4 is 21.6 Å². The summed E-state index contributed by atoms with van der Waals surface area (Å²) >= 11 is 3.23. The molecular formula is C11H16BrNO2. The highest BCUT2D eigenvalue weighted by atomic mass is 79.9. The van der Waals surface area contributed by atoms with Crippen LogP contribution in [-0.4, -0.2) is 28.7 Å². The molecule has 0 bridgehead atoms. The van der Waals surface area contributed by atoms with Gasteiger partial charge in [-0.3, -0.25) is 0 Å². The van der Waals surface area contributed by atoms with E-state index in [4.69, 9.17) is 0 Å². The van der Waals surface area contributed by atoms with E-state index in [0.29, 0.717) is 11.8 Å². The lowest BCUT2D eigenvalue weighted by atomic mass is 10.0. The minimum absolute atomic E-state index is 0.537. The van der Waals surface area contributed by atoms with Crippen LogP contribution in [0.15, 0.2) is 24.3 Å². The molecule has 3 N–H and O–H groups in total. The second kappa shape index (κ2) is 6.10. The van der Waals surface area contributed by atoms with Gasteiger partial charge in [0.25, 0.3) is 0 Å². The van der Waals surface area contributed by atoms with Crippen molar-refractivity contribution in [1.29, 1.82) is 0 Å². The van der Waals surface area contributed by atoms with Crippen molar-refractivity contribution in [2.24, 2.45) is 0 Å². The second-order valence-electron chi connectivity index (χ2n) is 3.36. The third-order valence-electron chi connectivity index (χ3n) is 2.31. The molecule has 15 heavy (non-hydrogen) atoms. The van der Waals surface area contributed by atoms with Gasteiger partial charge in [0.2, 0.25) is 0 Å². The van der Waals surface area contributed by atoms with Gasteiger partial charge in [0.1, 0.15) is 6.10 Å². The molecule has 0 saturated heterocycles. The van der Waals surface area contributed by atoms with Crippen molar-refractivity contribution in [2.45, 2.75) is 18.6 Å². The number of rotatable bonds is 5. The van der Waals surface area contributed by atoms with Crippen molar-refractivity contribution in [2.75, 3.05) is 17.7 Å². The number of benzene rings is 1. The van der Waals surface area contributed by atoms with Gasteiger partial charge in [-0.1, -0.05) is 28.1 Å². The molecule has 1 rings (SSSR count). The lowest BCUT2D eigenvalue weighted by Crippen LogP contribution is -2.18. The number of aliphatic hydroxyl groups is 2. The maximum absolute atomic E-state index is 9.79. The number of nitrogens with one attached hydrogen (secondary N) is 1. The molecule has 1 aromatic carbocycles. The van der Waals surface area contributed by atoms with Crippen LogP contribution >= 0.6 is 15.9 Å². The van der Waals surface area contributed by atoms with Gasteiger partial charge in [-0.2, -0.15) is 0 Å². The monoisotopic (exact) mass is 273 g/mol. The summed E-state index contributed by atoms with van der Waals surface area (Å²) in [6.45, 7) is 0. The highest BCUT2D eigenvalue weighted by molar-refractivity contribution is 9.09.